The number of nitrogens with one attached hydrogen (secondary N) is 4. The molecule has 11 heteroatoms. The molecule has 2 heterocycles. The highest BCUT2D eigenvalue weighted by Gasteiger charge is 2.34. The van der Waals surface area contributed by atoms with Crippen molar-refractivity contribution in [3.8, 4) is 0 Å². The number of hydrogen-bond donors (Lipinski definition) is 5. The van der Waals surface area contributed by atoms with E-state index in [2.05, 4.69) is 20.6 Å². The molecule has 0 saturated carbocycles. The van der Waals surface area contributed by atoms with Crippen molar-refractivity contribution in [3.63, 3.8) is 0 Å². The fourth-order valence-electron chi connectivity index (χ4n) is 4.98. The van der Waals surface area contributed by atoms with E-state index in [-0.39, 0.29) is 17.7 Å². The van der Waals surface area contributed by atoms with Gasteiger partial charge in [0.15, 0.2) is 0 Å². The lowest BCUT2D eigenvalue weighted by Crippen LogP contribution is -2.57. The van der Waals surface area contributed by atoms with Crippen molar-refractivity contribution in [1.82, 2.24) is 25.2 Å². The maximum Gasteiger partial charge on any atom is 0.329 e. The zero-order valence-electron chi connectivity index (χ0n) is 23.4. The summed E-state index contributed by atoms with van der Waals surface area (Å²) in [6.07, 6.45) is 2.23. The molecule has 0 saturated heterocycles. The van der Waals surface area contributed by atoms with Crippen LogP contribution in [0.1, 0.15) is 45.7 Å². The minimum absolute atomic E-state index is 0.0196. The lowest BCUT2D eigenvalue weighted by Gasteiger charge is -2.28. The van der Waals surface area contributed by atoms with E-state index in [1.165, 1.54) is 0 Å². The Labute approximate surface area is 236 Å². The van der Waals surface area contributed by atoms with Crippen LogP contribution in [0.4, 0.5) is 0 Å². The number of aliphatic carboxylic acids is 1. The minimum Gasteiger partial charge on any atom is -0.480 e. The van der Waals surface area contributed by atoms with E-state index in [4.69, 9.17) is 0 Å². The average Bonchev–Trinajstić information content (AvgIpc) is 3.35. The molecule has 4 atom stereocenters. The van der Waals surface area contributed by atoms with Gasteiger partial charge in [0.25, 0.3) is 5.56 Å². The van der Waals surface area contributed by atoms with E-state index in [0.29, 0.717) is 17.5 Å². The van der Waals surface area contributed by atoms with Gasteiger partial charge >= 0.3 is 11.7 Å². The van der Waals surface area contributed by atoms with Gasteiger partial charge in [-0.1, -0.05) is 64.4 Å². The highest BCUT2D eigenvalue weighted by Crippen LogP contribution is 2.23. The van der Waals surface area contributed by atoms with Crippen LogP contribution in [0.25, 0.3) is 21.8 Å². The van der Waals surface area contributed by atoms with Crippen molar-refractivity contribution in [2.24, 2.45) is 11.8 Å². The Morgan fingerprint density at radius 1 is 0.878 bits per heavy atom. The molecule has 1 unspecified atom stereocenters. The number of rotatable bonds is 11. The van der Waals surface area contributed by atoms with Crippen LogP contribution in [0.2, 0.25) is 0 Å². The molecule has 0 fully saturated rings. The van der Waals surface area contributed by atoms with Crippen LogP contribution in [-0.4, -0.2) is 49.5 Å². The maximum absolute atomic E-state index is 13.9. The molecule has 2 amide bonds. The van der Waals surface area contributed by atoms with Gasteiger partial charge in [0.1, 0.15) is 18.1 Å². The second-order valence-corrected chi connectivity index (χ2v) is 10.7. The summed E-state index contributed by atoms with van der Waals surface area (Å²) in [6.45, 7) is 6.97. The number of H-pyrrole nitrogens is 2. The van der Waals surface area contributed by atoms with Crippen molar-refractivity contribution in [1.29, 1.82) is 0 Å². The number of carboxylic acids is 1. The molecule has 0 spiro atoms. The quantitative estimate of drug-likeness (QED) is 0.189. The second-order valence-electron chi connectivity index (χ2n) is 10.7. The first kappa shape index (κ1) is 29.3. The first-order chi connectivity index (χ1) is 19.5. The summed E-state index contributed by atoms with van der Waals surface area (Å²) in [7, 11) is 0. The highest BCUT2D eigenvalue weighted by molar-refractivity contribution is 5.92. The van der Waals surface area contributed by atoms with Crippen LogP contribution in [-0.2, 0) is 20.8 Å². The molecular weight excluding hydrogens is 526 g/mol. The number of aromatic nitrogens is 3. The number of carbonyl (C=O) groups is 3. The molecule has 5 N–H and O–H groups in total. The van der Waals surface area contributed by atoms with E-state index in [1.807, 2.05) is 31.2 Å². The van der Waals surface area contributed by atoms with Gasteiger partial charge in [-0.2, -0.15) is 0 Å². The van der Waals surface area contributed by atoms with Crippen molar-refractivity contribution in [2.45, 2.75) is 58.7 Å². The molecular formula is C30H35N5O6. The molecule has 4 rings (SSSR count). The molecule has 0 aliphatic heterocycles. The van der Waals surface area contributed by atoms with Crippen LogP contribution in [0.15, 0.2) is 64.3 Å². The number of carbonyl (C=O) groups excluding carboxylic acids is 2. The van der Waals surface area contributed by atoms with Gasteiger partial charge in [-0.3, -0.25) is 14.4 Å². The van der Waals surface area contributed by atoms with E-state index in [0.717, 1.165) is 15.5 Å². The zero-order valence-corrected chi connectivity index (χ0v) is 23.4. The minimum atomic E-state index is -1.31. The summed E-state index contributed by atoms with van der Waals surface area (Å²) in [5, 5.41) is 16.0. The van der Waals surface area contributed by atoms with Gasteiger partial charge < -0.3 is 25.7 Å². The van der Waals surface area contributed by atoms with E-state index in [9.17, 15) is 29.1 Å². The summed E-state index contributed by atoms with van der Waals surface area (Å²) < 4.78 is 0.883. The van der Waals surface area contributed by atoms with Crippen LogP contribution >= 0.6 is 0 Å². The van der Waals surface area contributed by atoms with E-state index in [1.54, 1.807) is 51.2 Å². The number of hydrogen-bond acceptors (Lipinski definition) is 5. The van der Waals surface area contributed by atoms with Gasteiger partial charge in [-0.05, 0) is 35.6 Å². The maximum atomic E-state index is 13.9. The summed E-state index contributed by atoms with van der Waals surface area (Å²) in [4.78, 5) is 71.7. The number of para-hydroxylation sites is 2. The lowest BCUT2D eigenvalue weighted by molar-refractivity contribution is -0.144. The first-order valence-corrected chi connectivity index (χ1v) is 13.7. The molecule has 0 aliphatic carbocycles. The second kappa shape index (κ2) is 12.2. The van der Waals surface area contributed by atoms with Crippen molar-refractivity contribution >= 4 is 39.6 Å². The smallest absolute Gasteiger partial charge is 0.329 e. The Balaban J connectivity index is 1.75. The Bertz CT molecular complexity index is 1700. The van der Waals surface area contributed by atoms with Gasteiger partial charge in [0.05, 0.1) is 10.9 Å². The SMILES string of the molecule is CCC(C)[C@H](NC(=O)[C@@H](NC(=O)[C@H](Cc1c[nH]c2ccccc12)n1c(=O)[nH]c2ccccc2c1=O)C(C)C)C(=O)O. The number of fused-ring (bicyclic) bond motifs is 2. The Hall–Kier alpha value is -4.67. The Morgan fingerprint density at radius 3 is 2.12 bits per heavy atom. The molecule has 0 radical (unpaired) electrons. The monoisotopic (exact) mass is 561 g/mol. The van der Waals surface area contributed by atoms with Gasteiger partial charge in [0, 0.05) is 23.5 Å². The van der Waals surface area contributed by atoms with Crippen LogP contribution in [0.3, 0.4) is 0 Å². The molecule has 2 aromatic heterocycles. The van der Waals surface area contributed by atoms with Gasteiger partial charge in [0.2, 0.25) is 11.8 Å². The standard InChI is InChI=1S/C30H35N5O6/c1-5-17(4)25(29(39)40)34-27(37)24(16(2)3)33-26(36)23(14-18-15-31-21-12-8-6-10-19(18)21)35-28(38)20-11-7-9-13-22(20)32-30(35)41/h6-13,15-17,23-25,31H,5,14H2,1-4H3,(H,32,41)(H,33,36)(H,34,37)(H,39,40)/t17?,23-,24-,25-/m0/s1. The van der Waals surface area contributed by atoms with E-state index >= 15 is 0 Å². The van der Waals surface area contributed by atoms with Gasteiger partial charge in [-0.25, -0.2) is 14.2 Å². The molecule has 4 aromatic rings. The van der Waals surface area contributed by atoms with Crippen molar-refractivity contribution in [2.75, 3.05) is 0 Å². The predicted molar refractivity (Wildman–Crippen MR) is 156 cm³/mol. The topological polar surface area (TPSA) is 166 Å². The van der Waals surface area contributed by atoms with Crippen molar-refractivity contribution < 1.29 is 19.5 Å². The summed E-state index contributed by atoms with van der Waals surface area (Å²) >= 11 is 0. The Kier molecular flexibility index (Phi) is 8.75. The fraction of sp³-hybridized carbons (Fsp3) is 0.367. The molecule has 41 heavy (non-hydrogen) atoms. The molecule has 2 aromatic carbocycles. The molecule has 11 nitrogen and oxygen atoms in total. The van der Waals surface area contributed by atoms with Crippen molar-refractivity contribution in [3.05, 3.63) is 81.1 Å². The highest BCUT2D eigenvalue weighted by atomic mass is 16.4. The number of carboxylic acid groups (broad SMARTS) is 1. The fourth-order valence-corrected chi connectivity index (χ4v) is 4.98. The van der Waals surface area contributed by atoms with Crippen LogP contribution in [0.5, 0.6) is 0 Å². The molecule has 0 bridgehead atoms. The number of benzene rings is 2. The third-order valence-electron chi connectivity index (χ3n) is 7.56. The normalized spacial score (nSPS) is 14.5. The number of amides is 2. The summed E-state index contributed by atoms with van der Waals surface area (Å²) in [6, 6.07) is 10.4. The summed E-state index contributed by atoms with van der Waals surface area (Å²) in [5.41, 5.74) is 0.466. The number of nitrogens with zero attached hydrogens (tertiary/aromatic N) is 1. The van der Waals surface area contributed by atoms with E-state index < -0.39 is 53.1 Å². The largest absolute Gasteiger partial charge is 0.480 e. The summed E-state index contributed by atoms with van der Waals surface area (Å²) in [5.74, 6) is -3.32. The lowest BCUT2D eigenvalue weighted by atomic mass is 9.97. The Morgan fingerprint density at radius 2 is 1.49 bits per heavy atom. The average molecular weight is 562 g/mol. The third kappa shape index (κ3) is 6.08. The van der Waals surface area contributed by atoms with Crippen LogP contribution in [0, 0.1) is 11.8 Å². The van der Waals surface area contributed by atoms with Gasteiger partial charge in [-0.15, -0.1) is 0 Å². The predicted octanol–water partition coefficient (Wildman–Crippen LogP) is 2.71. The first-order valence-electron chi connectivity index (χ1n) is 13.7. The molecule has 0 aliphatic rings. The molecule has 216 valence electrons. The third-order valence-corrected chi connectivity index (χ3v) is 7.56. The zero-order chi connectivity index (χ0) is 29.8. The number of aromatic amines is 2. The van der Waals surface area contributed by atoms with Crippen LogP contribution < -0.4 is 21.9 Å².